The fourth-order valence-corrected chi connectivity index (χ4v) is 1.84. The summed E-state index contributed by atoms with van der Waals surface area (Å²) in [6.45, 7) is 4.75. The van der Waals surface area contributed by atoms with Crippen LogP contribution in [0, 0.1) is 5.41 Å². The molecule has 19 heavy (non-hydrogen) atoms. The second-order valence-electron chi connectivity index (χ2n) is 4.10. The molecule has 1 fully saturated rings. The second-order valence-corrected chi connectivity index (χ2v) is 4.10. The molecular formula is C11H18N8. The highest BCUT2D eigenvalue weighted by molar-refractivity contribution is 5.74. The van der Waals surface area contributed by atoms with Gasteiger partial charge in [0.1, 0.15) is 0 Å². The van der Waals surface area contributed by atoms with E-state index in [1.807, 2.05) is 11.8 Å². The lowest BCUT2D eigenvalue weighted by Gasteiger charge is -2.34. The van der Waals surface area contributed by atoms with Crippen molar-refractivity contribution in [3.63, 3.8) is 0 Å². The fraction of sp³-hybridized carbons (Fsp3) is 0.455. The van der Waals surface area contributed by atoms with Crippen LogP contribution < -0.4 is 16.1 Å². The molecule has 1 aliphatic rings. The van der Waals surface area contributed by atoms with Crippen LogP contribution in [0.5, 0.6) is 0 Å². The minimum absolute atomic E-state index is 0.119. The predicted molar refractivity (Wildman–Crippen MR) is 75.5 cm³/mol. The Hall–Kier alpha value is -2.38. The fourth-order valence-electron chi connectivity index (χ4n) is 1.84. The third kappa shape index (κ3) is 3.30. The van der Waals surface area contributed by atoms with E-state index in [2.05, 4.69) is 25.4 Å². The zero-order valence-electron chi connectivity index (χ0n) is 10.9. The maximum Gasteiger partial charge on any atom is 0.227 e. The van der Waals surface area contributed by atoms with Gasteiger partial charge in [-0.3, -0.25) is 10.8 Å². The first-order valence-electron chi connectivity index (χ1n) is 6.11. The molecule has 2 heterocycles. The maximum atomic E-state index is 7.40. The Kier molecular flexibility index (Phi) is 4.11. The number of anilines is 2. The summed E-state index contributed by atoms with van der Waals surface area (Å²) in [6.07, 6.45) is 3.36. The molecule has 1 aliphatic heterocycles. The molecule has 0 radical (unpaired) electrons. The summed E-state index contributed by atoms with van der Waals surface area (Å²) in [4.78, 5) is 12.6. The molecule has 4 N–H and O–H groups in total. The van der Waals surface area contributed by atoms with Gasteiger partial charge >= 0.3 is 0 Å². The molecule has 2 rings (SSSR count). The number of hydrogen-bond acceptors (Lipinski definition) is 6. The van der Waals surface area contributed by atoms with Crippen LogP contribution in [0.15, 0.2) is 17.4 Å². The Morgan fingerprint density at radius 3 is 2.84 bits per heavy atom. The zero-order valence-corrected chi connectivity index (χ0v) is 10.9. The SMILES string of the molecule is C/C=N/Nc1ccnc(N2CCN(C(=N)N)CC2)n1. The normalized spacial score (nSPS) is 15.8. The number of nitrogens with zero attached hydrogens (tertiary/aromatic N) is 5. The van der Waals surface area contributed by atoms with Crippen molar-refractivity contribution in [3.8, 4) is 0 Å². The number of rotatable bonds is 3. The smallest absolute Gasteiger partial charge is 0.227 e. The summed E-state index contributed by atoms with van der Waals surface area (Å²) in [7, 11) is 0. The molecule has 1 aromatic heterocycles. The van der Waals surface area contributed by atoms with E-state index >= 15 is 0 Å². The minimum Gasteiger partial charge on any atom is -0.370 e. The van der Waals surface area contributed by atoms with Gasteiger partial charge in [0.05, 0.1) is 0 Å². The summed E-state index contributed by atoms with van der Waals surface area (Å²) >= 11 is 0. The molecule has 0 saturated carbocycles. The van der Waals surface area contributed by atoms with E-state index in [-0.39, 0.29) is 5.96 Å². The van der Waals surface area contributed by atoms with E-state index < -0.39 is 0 Å². The molecular weight excluding hydrogens is 244 g/mol. The van der Waals surface area contributed by atoms with Crippen molar-refractivity contribution in [3.05, 3.63) is 12.3 Å². The molecule has 8 heteroatoms. The predicted octanol–water partition coefficient (Wildman–Crippen LogP) is -0.0903. The average Bonchev–Trinajstić information content (AvgIpc) is 2.45. The Bertz CT molecular complexity index is 464. The Labute approximate surface area is 111 Å². The van der Waals surface area contributed by atoms with E-state index in [4.69, 9.17) is 11.1 Å². The van der Waals surface area contributed by atoms with E-state index in [0.29, 0.717) is 24.9 Å². The van der Waals surface area contributed by atoms with Crippen molar-refractivity contribution >= 4 is 23.9 Å². The van der Waals surface area contributed by atoms with Gasteiger partial charge in [0, 0.05) is 44.7 Å². The highest BCUT2D eigenvalue weighted by Crippen LogP contribution is 2.13. The molecule has 0 atom stereocenters. The molecule has 8 nitrogen and oxygen atoms in total. The van der Waals surface area contributed by atoms with Gasteiger partial charge < -0.3 is 15.5 Å². The first-order chi connectivity index (χ1) is 9.20. The molecule has 0 aromatic carbocycles. The van der Waals surface area contributed by atoms with Crippen molar-refractivity contribution in [2.45, 2.75) is 6.92 Å². The van der Waals surface area contributed by atoms with Crippen LogP contribution in [-0.4, -0.2) is 53.2 Å². The average molecular weight is 262 g/mol. The van der Waals surface area contributed by atoms with Gasteiger partial charge in [-0.25, -0.2) is 4.98 Å². The van der Waals surface area contributed by atoms with Crippen LogP contribution >= 0.6 is 0 Å². The van der Waals surface area contributed by atoms with Crippen molar-refractivity contribution in [1.82, 2.24) is 14.9 Å². The van der Waals surface area contributed by atoms with E-state index in [1.54, 1.807) is 18.5 Å². The molecule has 1 saturated heterocycles. The van der Waals surface area contributed by atoms with Gasteiger partial charge in [-0.2, -0.15) is 10.1 Å². The second kappa shape index (κ2) is 5.98. The largest absolute Gasteiger partial charge is 0.370 e. The zero-order chi connectivity index (χ0) is 13.7. The molecule has 0 unspecified atom stereocenters. The summed E-state index contributed by atoms with van der Waals surface area (Å²) < 4.78 is 0. The third-order valence-corrected chi connectivity index (χ3v) is 2.85. The molecule has 0 aliphatic carbocycles. The first-order valence-corrected chi connectivity index (χ1v) is 6.11. The highest BCUT2D eigenvalue weighted by Gasteiger charge is 2.19. The van der Waals surface area contributed by atoms with Gasteiger partial charge in [-0.15, -0.1) is 0 Å². The standard InChI is InChI=1S/C11H18N8/c1-2-15-17-9-3-4-14-11(16-9)19-7-5-18(6-8-19)10(12)13/h2-4H,5-8H2,1H3,(H3,12,13)(H,14,16,17)/b15-2+. The number of guanidine groups is 1. The maximum absolute atomic E-state index is 7.40. The summed E-state index contributed by atoms with van der Waals surface area (Å²) in [6, 6.07) is 1.77. The lowest BCUT2D eigenvalue weighted by atomic mass is 10.3. The number of hydrazone groups is 1. The highest BCUT2D eigenvalue weighted by atomic mass is 15.4. The third-order valence-electron chi connectivity index (χ3n) is 2.85. The van der Waals surface area contributed by atoms with Gasteiger partial charge in [-0.1, -0.05) is 0 Å². The van der Waals surface area contributed by atoms with Gasteiger partial charge in [0.15, 0.2) is 11.8 Å². The summed E-state index contributed by atoms with van der Waals surface area (Å²) in [5.74, 6) is 1.45. The van der Waals surface area contributed by atoms with Crippen LogP contribution in [0.25, 0.3) is 0 Å². The van der Waals surface area contributed by atoms with Crippen LogP contribution in [0.1, 0.15) is 6.92 Å². The van der Waals surface area contributed by atoms with Gasteiger partial charge in [0.25, 0.3) is 0 Å². The first kappa shape index (κ1) is 13.1. The number of piperazine rings is 1. The van der Waals surface area contributed by atoms with Crippen molar-refractivity contribution in [2.24, 2.45) is 10.8 Å². The van der Waals surface area contributed by atoms with Gasteiger partial charge in [0.2, 0.25) is 5.95 Å². The number of aromatic nitrogens is 2. The molecule has 0 spiro atoms. The molecule has 102 valence electrons. The lowest BCUT2D eigenvalue weighted by Crippen LogP contribution is -2.51. The molecule has 0 amide bonds. The lowest BCUT2D eigenvalue weighted by molar-refractivity contribution is 0.377. The summed E-state index contributed by atoms with van der Waals surface area (Å²) in [5, 5.41) is 11.3. The minimum atomic E-state index is 0.119. The summed E-state index contributed by atoms with van der Waals surface area (Å²) in [5.41, 5.74) is 8.29. The molecule has 1 aromatic rings. The van der Waals surface area contributed by atoms with Crippen LogP contribution in [0.3, 0.4) is 0 Å². The number of hydrogen-bond donors (Lipinski definition) is 3. The van der Waals surface area contributed by atoms with Crippen LogP contribution in [0.4, 0.5) is 11.8 Å². The number of nitrogens with two attached hydrogens (primary N) is 1. The van der Waals surface area contributed by atoms with Crippen molar-refractivity contribution in [1.29, 1.82) is 5.41 Å². The van der Waals surface area contributed by atoms with Gasteiger partial charge in [-0.05, 0) is 6.92 Å². The monoisotopic (exact) mass is 262 g/mol. The number of nitrogens with one attached hydrogen (secondary N) is 2. The Morgan fingerprint density at radius 2 is 2.21 bits per heavy atom. The van der Waals surface area contributed by atoms with E-state index in [9.17, 15) is 0 Å². The molecule has 0 bridgehead atoms. The van der Waals surface area contributed by atoms with E-state index in [0.717, 1.165) is 13.1 Å². The Morgan fingerprint density at radius 1 is 1.47 bits per heavy atom. The topological polar surface area (TPSA) is 107 Å². The van der Waals surface area contributed by atoms with Crippen molar-refractivity contribution < 1.29 is 0 Å². The van der Waals surface area contributed by atoms with Crippen LogP contribution in [-0.2, 0) is 0 Å². The Balaban J connectivity index is 2.01. The van der Waals surface area contributed by atoms with E-state index in [1.165, 1.54) is 0 Å². The quantitative estimate of drug-likeness (QED) is 0.399. The van der Waals surface area contributed by atoms with Crippen molar-refractivity contribution in [2.75, 3.05) is 36.5 Å². The van der Waals surface area contributed by atoms with Crippen LogP contribution in [0.2, 0.25) is 0 Å².